The number of methoxy groups -OCH3 is 1. The van der Waals surface area contributed by atoms with Gasteiger partial charge in [-0.15, -0.1) is 0 Å². The van der Waals surface area contributed by atoms with Crippen LogP contribution in [0.15, 0.2) is 30.3 Å². The van der Waals surface area contributed by atoms with Gasteiger partial charge in [0, 0.05) is 36.2 Å². The van der Waals surface area contributed by atoms with Crippen LogP contribution in [0.5, 0.6) is 5.75 Å². The van der Waals surface area contributed by atoms with E-state index in [1.165, 1.54) is 0 Å². The van der Waals surface area contributed by atoms with Crippen LogP contribution in [-0.4, -0.2) is 18.8 Å². The molecule has 0 saturated carbocycles. The number of ether oxygens (including phenoxy) is 1. The minimum atomic E-state index is -0.913. The van der Waals surface area contributed by atoms with E-state index in [1.54, 1.807) is 12.1 Å². The van der Waals surface area contributed by atoms with Gasteiger partial charge in [0.2, 0.25) is 5.91 Å². The number of carbonyl (C=O) groups excluding carboxylic acids is 2. The van der Waals surface area contributed by atoms with Crippen LogP contribution in [0.4, 0.5) is 14.5 Å². The van der Waals surface area contributed by atoms with Crippen molar-refractivity contribution < 1.29 is 23.1 Å². The second-order valence-corrected chi connectivity index (χ2v) is 5.74. The molecule has 2 rings (SSSR count). The molecule has 132 valence electrons. The van der Waals surface area contributed by atoms with Crippen molar-refractivity contribution in [3.8, 4) is 5.75 Å². The number of hydrogen-bond acceptors (Lipinski definition) is 3. The number of aryl methyl sites for hydroxylation is 2. The average Bonchev–Trinajstić information content (AvgIpc) is 2.55. The van der Waals surface area contributed by atoms with Gasteiger partial charge in [0.25, 0.3) is 0 Å². The molecule has 0 unspecified atom stereocenters. The van der Waals surface area contributed by atoms with Crippen molar-refractivity contribution in [1.29, 1.82) is 0 Å². The standard InChI is InChI=1S/C19H19F2NO3/c1-11-4-5-13(8-12(11)2)17(23)6-7-18(24)22-14-9-15(20)19(25-3)16(21)10-14/h4-5,8-10H,6-7H2,1-3H3,(H,22,24). The highest BCUT2D eigenvalue weighted by molar-refractivity contribution is 6.00. The molecule has 0 fully saturated rings. The molecule has 6 heteroatoms. The van der Waals surface area contributed by atoms with Gasteiger partial charge in [-0.2, -0.15) is 0 Å². The zero-order valence-electron chi connectivity index (χ0n) is 14.3. The molecular formula is C19H19F2NO3. The first-order valence-electron chi connectivity index (χ1n) is 7.75. The second-order valence-electron chi connectivity index (χ2n) is 5.74. The van der Waals surface area contributed by atoms with Crippen LogP contribution in [0.3, 0.4) is 0 Å². The maximum Gasteiger partial charge on any atom is 0.224 e. The Morgan fingerprint density at radius 2 is 1.64 bits per heavy atom. The molecule has 0 aromatic heterocycles. The Kier molecular flexibility index (Phi) is 5.85. The summed E-state index contributed by atoms with van der Waals surface area (Å²) in [6.45, 7) is 3.86. The summed E-state index contributed by atoms with van der Waals surface area (Å²) in [6.07, 6.45) is -0.0729. The predicted octanol–water partition coefficient (Wildman–Crippen LogP) is 4.19. The molecule has 0 aliphatic rings. The number of hydrogen-bond donors (Lipinski definition) is 1. The summed E-state index contributed by atoms with van der Waals surface area (Å²) in [4.78, 5) is 24.0. The topological polar surface area (TPSA) is 55.4 Å². The first-order valence-corrected chi connectivity index (χ1v) is 7.75. The number of nitrogens with one attached hydrogen (secondary N) is 1. The van der Waals surface area contributed by atoms with E-state index in [2.05, 4.69) is 10.1 Å². The maximum atomic E-state index is 13.6. The summed E-state index contributed by atoms with van der Waals surface area (Å²) in [5.74, 6) is -3.00. The lowest BCUT2D eigenvalue weighted by atomic mass is 10.0. The normalized spacial score (nSPS) is 10.4. The highest BCUT2D eigenvalue weighted by Crippen LogP contribution is 2.25. The Hall–Kier alpha value is -2.76. The fraction of sp³-hybridized carbons (Fsp3) is 0.263. The van der Waals surface area contributed by atoms with E-state index in [-0.39, 0.29) is 24.3 Å². The monoisotopic (exact) mass is 347 g/mol. The molecule has 4 nitrogen and oxygen atoms in total. The number of anilines is 1. The van der Waals surface area contributed by atoms with Gasteiger partial charge >= 0.3 is 0 Å². The minimum Gasteiger partial charge on any atom is -0.491 e. The third-order valence-corrected chi connectivity index (χ3v) is 3.89. The molecule has 25 heavy (non-hydrogen) atoms. The minimum absolute atomic E-state index is 0.00938. The number of halogens is 2. The second kappa shape index (κ2) is 7.88. The molecule has 2 aromatic carbocycles. The molecule has 0 radical (unpaired) electrons. The van der Waals surface area contributed by atoms with Crippen molar-refractivity contribution >= 4 is 17.4 Å². The molecular weight excluding hydrogens is 328 g/mol. The average molecular weight is 347 g/mol. The van der Waals surface area contributed by atoms with Crippen LogP contribution < -0.4 is 10.1 Å². The first-order chi connectivity index (χ1) is 11.8. The van der Waals surface area contributed by atoms with E-state index in [1.807, 2.05) is 19.9 Å². The van der Waals surface area contributed by atoms with Crippen LogP contribution in [0.1, 0.15) is 34.3 Å². The van der Waals surface area contributed by atoms with Crippen molar-refractivity contribution in [2.45, 2.75) is 26.7 Å². The molecule has 0 bridgehead atoms. The number of amides is 1. The fourth-order valence-electron chi connectivity index (χ4n) is 2.34. The van der Waals surface area contributed by atoms with Crippen molar-refractivity contribution in [3.05, 3.63) is 58.7 Å². The van der Waals surface area contributed by atoms with E-state index in [9.17, 15) is 18.4 Å². The zero-order valence-corrected chi connectivity index (χ0v) is 14.3. The molecule has 0 atom stereocenters. The zero-order chi connectivity index (χ0) is 18.6. The van der Waals surface area contributed by atoms with Crippen molar-refractivity contribution in [2.75, 3.05) is 12.4 Å². The highest BCUT2D eigenvalue weighted by Gasteiger charge is 2.14. The first kappa shape index (κ1) is 18.6. The van der Waals surface area contributed by atoms with Crippen LogP contribution in [0.25, 0.3) is 0 Å². The number of ketones is 1. The lowest BCUT2D eigenvalue weighted by molar-refractivity contribution is -0.116. The SMILES string of the molecule is COc1c(F)cc(NC(=O)CCC(=O)c2ccc(C)c(C)c2)cc1F. The van der Waals surface area contributed by atoms with Crippen molar-refractivity contribution in [3.63, 3.8) is 0 Å². The van der Waals surface area contributed by atoms with Crippen LogP contribution >= 0.6 is 0 Å². The lowest BCUT2D eigenvalue weighted by Crippen LogP contribution is -2.14. The molecule has 0 heterocycles. The highest BCUT2D eigenvalue weighted by atomic mass is 19.1. The molecule has 2 aromatic rings. The quantitative estimate of drug-likeness (QED) is 0.797. The van der Waals surface area contributed by atoms with Crippen LogP contribution in [0.2, 0.25) is 0 Å². The van der Waals surface area contributed by atoms with E-state index in [0.717, 1.165) is 30.4 Å². The Bertz CT molecular complexity index is 795. The summed E-state index contributed by atoms with van der Waals surface area (Å²) in [5.41, 5.74) is 2.59. The summed E-state index contributed by atoms with van der Waals surface area (Å²) >= 11 is 0. The number of Topliss-reactive ketones (excluding diaryl/α,β-unsaturated/α-hetero) is 1. The lowest BCUT2D eigenvalue weighted by Gasteiger charge is -2.09. The molecule has 0 saturated heterocycles. The van der Waals surface area contributed by atoms with E-state index < -0.39 is 23.3 Å². The largest absolute Gasteiger partial charge is 0.491 e. The van der Waals surface area contributed by atoms with Gasteiger partial charge in [-0.05, 0) is 31.0 Å². The van der Waals surface area contributed by atoms with E-state index >= 15 is 0 Å². The van der Waals surface area contributed by atoms with E-state index in [4.69, 9.17) is 0 Å². The summed E-state index contributed by atoms with van der Waals surface area (Å²) in [6, 6.07) is 7.28. The number of carbonyl (C=O) groups is 2. The summed E-state index contributed by atoms with van der Waals surface area (Å²) in [5, 5.41) is 2.38. The van der Waals surface area contributed by atoms with Crippen LogP contribution in [0, 0.1) is 25.5 Å². The third-order valence-electron chi connectivity index (χ3n) is 3.89. The molecule has 0 spiro atoms. The van der Waals surface area contributed by atoms with Gasteiger partial charge < -0.3 is 10.1 Å². The smallest absolute Gasteiger partial charge is 0.224 e. The Morgan fingerprint density at radius 1 is 1.00 bits per heavy atom. The van der Waals surface area contributed by atoms with Gasteiger partial charge in [-0.25, -0.2) is 8.78 Å². The number of benzene rings is 2. The third kappa shape index (κ3) is 4.62. The molecule has 0 aliphatic heterocycles. The Balaban J connectivity index is 1.96. The fourth-order valence-corrected chi connectivity index (χ4v) is 2.34. The maximum absolute atomic E-state index is 13.6. The summed E-state index contributed by atoms with van der Waals surface area (Å²) in [7, 11) is 1.15. The Morgan fingerprint density at radius 3 is 2.20 bits per heavy atom. The van der Waals surface area contributed by atoms with Gasteiger partial charge in [-0.1, -0.05) is 12.1 Å². The van der Waals surface area contributed by atoms with Crippen molar-refractivity contribution in [2.24, 2.45) is 0 Å². The predicted molar refractivity (Wildman–Crippen MR) is 91.0 cm³/mol. The van der Waals surface area contributed by atoms with Gasteiger partial charge in [-0.3, -0.25) is 9.59 Å². The van der Waals surface area contributed by atoms with Gasteiger partial charge in [0.05, 0.1) is 7.11 Å². The van der Waals surface area contributed by atoms with E-state index in [0.29, 0.717) is 5.56 Å². The molecule has 0 aliphatic carbocycles. The number of rotatable bonds is 6. The van der Waals surface area contributed by atoms with Crippen LogP contribution in [-0.2, 0) is 4.79 Å². The van der Waals surface area contributed by atoms with Crippen molar-refractivity contribution in [1.82, 2.24) is 0 Å². The molecule has 1 N–H and O–H groups in total. The molecule has 1 amide bonds. The van der Waals surface area contributed by atoms with Gasteiger partial charge in [0.15, 0.2) is 23.2 Å². The summed E-state index contributed by atoms with van der Waals surface area (Å²) < 4.78 is 31.8. The Labute approximate surface area is 144 Å². The van der Waals surface area contributed by atoms with Gasteiger partial charge in [0.1, 0.15) is 0 Å².